The molecule has 3 nitrogen and oxygen atoms in total. The number of nitrogens with zero attached hydrogens (tertiary/aromatic N) is 2. The van der Waals surface area contributed by atoms with Gasteiger partial charge in [0.2, 0.25) is 0 Å². The van der Waals surface area contributed by atoms with E-state index in [1.165, 1.54) is 21.3 Å². The topological polar surface area (TPSA) is 29.9 Å². The molecule has 0 atom stereocenters. The highest BCUT2D eigenvalue weighted by Gasteiger charge is 2.09. The Bertz CT molecular complexity index is 711. The van der Waals surface area contributed by atoms with E-state index in [1.54, 1.807) is 0 Å². The zero-order chi connectivity index (χ0) is 13.9. The van der Waals surface area contributed by atoms with Crippen LogP contribution in [0.5, 0.6) is 0 Å². The van der Waals surface area contributed by atoms with E-state index >= 15 is 0 Å². The molecule has 3 rings (SSSR count). The molecule has 0 saturated heterocycles. The second-order valence-electron chi connectivity index (χ2n) is 4.92. The van der Waals surface area contributed by atoms with Crippen molar-refractivity contribution >= 4 is 21.4 Å². The van der Waals surface area contributed by atoms with Crippen LogP contribution in [-0.4, -0.2) is 16.1 Å². The Morgan fingerprint density at radius 3 is 3.00 bits per heavy atom. The largest absolute Gasteiger partial charge is 0.327 e. The van der Waals surface area contributed by atoms with Gasteiger partial charge < -0.3 is 9.88 Å². The van der Waals surface area contributed by atoms with E-state index in [-0.39, 0.29) is 0 Å². The minimum atomic E-state index is 0.874. The Labute approximate surface area is 123 Å². The number of hydrogen-bond donors (Lipinski definition) is 1. The molecule has 0 saturated carbocycles. The molecule has 2 heterocycles. The molecule has 0 fully saturated rings. The van der Waals surface area contributed by atoms with Gasteiger partial charge in [-0.05, 0) is 35.9 Å². The third-order valence-corrected chi connectivity index (χ3v) is 4.60. The molecule has 0 amide bonds. The van der Waals surface area contributed by atoms with Crippen molar-refractivity contribution in [1.82, 2.24) is 14.9 Å². The minimum Gasteiger partial charge on any atom is -0.327 e. The smallest absolute Gasteiger partial charge is 0.106 e. The van der Waals surface area contributed by atoms with E-state index in [0.717, 1.165) is 25.5 Å². The zero-order valence-corrected chi connectivity index (χ0v) is 12.7. The summed E-state index contributed by atoms with van der Waals surface area (Å²) in [6, 6.07) is 8.60. The molecule has 1 aromatic carbocycles. The van der Waals surface area contributed by atoms with E-state index in [0.29, 0.717) is 0 Å². The van der Waals surface area contributed by atoms with Crippen molar-refractivity contribution in [3.8, 4) is 0 Å². The van der Waals surface area contributed by atoms with Crippen molar-refractivity contribution < 1.29 is 0 Å². The second kappa shape index (κ2) is 5.77. The SMILES string of the molecule is CCNCc1cnc(C)n1Cc1csc2ccccc12. The van der Waals surface area contributed by atoms with Crippen molar-refractivity contribution in [3.63, 3.8) is 0 Å². The van der Waals surface area contributed by atoms with Crippen LogP contribution < -0.4 is 5.32 Å². The molecule has 3 aromatic rings. The lowest BCUT2D eigenvalue weighted by Crippen LogP contribution is -2.16. The van der Waals surface area contributed by atoms with Crippen LogP contribution in [0.2, 0.25) is 0 Å². The van der Waals surface area contributed by atoms with Crippen LogP contribution in [0.3, 0.4) is 0 Å². The zero-order valence-electron chi connectivity index (χ0n) is 11.9. The number of aromatic nitrogens is 2. The maximum atomic E-state index is 4.46. The van der Waals surface area contributed by atoms with Crippen molar-refractivity contribution in [2.75, 3.05) is 6.54 Å². The van der Waals surface area contributed by atoms with Crippen LogP contribution in [0.4, 0.5) is 0 Å². The van der Waals surface area contributed by atoms with Crippen molar-refractivity contribution in [2.45, 2.75) is 26.9 Å². The van der Waals surface area contributed by atoms with Crippen molar-refractivity contribution in [1.29, 1.82) is 0 Å². The second-order valence-corrected chi connectivity index (χ2v) is 5.83. The number of hydrogen-bond acceptors (Lipinski definition) is 3. The predicted molar refractivity (Wildman–Crippen MR) is 85.3 cm³/mol. The average Bonchev–Trinajstić information content (AvgIpc) is 3.03. The first-order chi connectivity index (χ1) is 9.79. The highest BCUT2D eigenvalue weighted by Crippen LogP contribution is 2.26. The molecule has 20 heavy (non-hydrogen) atoms. The van der Waals surface area contributed by atoms with Gasteiger partial charge in [0.25, 0.3) is 0 Å². The van der Waals surface area contributed by atoms with Crippen LogP contribution >= 0.6 is 11.3 Å². The molecule has 0 spiro atoms. The fourth-order valence-electron chi connectivity index (χ4n) is 2.45. The summed E-state index contributed by atoms with van der Waals surface area (Å²) in [4.78, 5) is 4.46. The normalized spacial score (nSPS) is 11.3. The van der Waals surface area contributed by atoms with Gasteiger partial charge in [-0.15, -0.1) is 11.3 Å². The number of rotatable bonds is 5. The monoisotopic (exact) mass is 285 g/mol. The number of aryl methyl sites for hydroxylation is 1. The number of thiophene rings is 1. The molecule has 0 aliphatic rings. The van der Waals surface area contributed by atoms with Gasteiger partial charge in [-0.2, -0.15) is 0 Å². The van der Waals surface area contributed by atoms with Gasteiger partial charge in [0.05, 0.1) is 12.2 Å². The highest BCUT2D eigenvalue weighted by atomic mass is 32.1. The van der Waals surface area contributed by atoms with Gasteiger partial charge in [0, 0.05) is 17.4 Å². The molecule has 104 valence electrons. The lowest BCUT2D eigenvalue weighted by Gasteiger charge is -2.10. The van der Waals surface area contributed by atoms with Gasteiger partial charge in [-0.25, -0.2) is 4.98 Å². The summed E-state index contributed by atoms with van der Waals surface area (Å²) < 4.78 is 3.66. The third-order valence-electron chi connectivity index (χ3n) is 3.58. The van der Waals surface area contributed by atoms with Crippen LogP contribution in [-0.2, 0) is 13.1 Å². The third kappa shape index (κ3) is 2.49. The molecule has 2 aromatic heterocycles. The van der Waals surface area contributed by atoms with E-state index in [2.05, 4.69) is 58.4 Å². The Morgan fingerprint density at radius 1 is 1.30 bits per heavy atom. The number of imidazole rings is 1. The fourth-order valence-corrected chi connectivity index (χ4v) is 3.40. The maximum Gasteiger partial charge on any atom is 0.106 e. The van der Waals surface area contributed by atoms with Gasteiger partial charge in [-0.3, -0.25) is 0 Å². The van der Waals surface area contributed by atoms with Crippen LogP contribution in [0.15, 0.2) is 35.8 Å². The average molecular weight is 285 g/mol. The van der Waals surface area contributed by atoms with Crippen LogP contribution in [0.1, 0.15) is 24.0 Å². The number of benzene rings is 1. The first-order valence-electron chi connectivity index (χ1n) is 6.96. The lowest BCUT2D eigenvalue weighted by atomic mass is 10.2. The fraction of sp³-hybridized carbons (Fsp3) is 0.312. The minimum absolute atomic E-state index is 0.874. The first kappa shape index (κ1) is 13.3. The predicted octanol–water partition coefficient (Wildman–Crippen LogP) is 3.56. The van der Waals surface area contributed by atoms with E-state index in [4.69, 9.17) is 0 Å². The molecule has 0 bridgehead atoms. The Hall–Kier alpha value is -1.65. The van der Waals surface area contributed by atoms with E-state index in [1.807, 2.05) is 17.5 Å². The van der Waals surface area contributed by atoms with Crippen LogP contribution in [0, 0.1) is 6.92 Å². The van der Waals surface area contributed by atoms with E-state index in [9.17, 15) is 0 Å². The number of fused-ring (bicyclic) bond motifs is 1. The summed E-state index contributed by atoms with van der Waals surface area (Å²) in [7, 11) is 0. The quantitative estimate of drug-likeness (QED) is 0.776. The summed E-state index contributed by atoms with van der Waals surface area (Å²) in [6.07, 6.45) is 1.98. The van der Waals surface area contributed by atoms with Crippen molar-refractivity contribution in [3.05, 3.63) is 52.9 Å². The lowest BCUT2D eigenvalue weighted by molar-refractivity contribution is 0.648. The van der Waals surface area contributed by atoms with Gasteiger partial charge >= 0.3 is 0 Å². The summed E-state index contributed by atoms with van der Waals surface area (Å²) >= 11 is 1.82. The summed E-state index contributed by atoms with van der Waals surface area (Å²) in [5, 5.41) is 7.00. The molecule has 1 N–H and O–H groups in total. The molecule has 0 radical (unpaired) electrons. The Balaban J connectivity index is 1.92. The maximum absolute atomic E-state index is 4.46. The molecular formula is C16H19N3S. The van der Waals surface area contributed by atoms with E-state index < -0.39 is 0 Å². The molecule has 0 aliphatic carbocycles. The van der Waals surface area contributed by atoms with Crippen LogP contribution in [0.25, 0.3) is 10.1 Å². The molecule has 0 unspecified atom stereocenters. The highest BCUT2D eigenvalue weighted by molar-refractivity contribution is 7.17. The Kier molecular flexibility index (Phi) is 3.85. The Morgan fingerprint density at radius 2 is 2.15 bits per heavy atom. The molecule has 4 heteroatoms. The number of nitrogens with one attached hydrogen (secondary N) is 1. The summed E-state index contributed by atoms with van der Waals surface area (Å²) in [6.45, 7) is 6.95. The van der Waals surface area contributed by atoms with Gasteiger partial charge in [-0.1, -0.05) is 25.1 Å². The summed E-state index contributed by atoms with van der Waals surface area (Å²) in [5.41, 5.74) is 2.63. The molecule has 0 aliphatic heterocycles. The van der Waals surface area contributed by atoms with Gasteiger partial charge in [0.15, 0.2) is 0 Å². The summed E-state index contributed by atoms with van der Waals surface area (Å²) in [5.74, 6) is 1.08. The molecular weight excluding hydrogens is 266 g/mol. The van der Waals surface area contributed by atoms with Gasteiger partial charge in [0.1, 0.15) is 5.82 Å². The first-order valence-corrected chi connectivity index (χ1v) is 7.84. The standard InChI is InChI=1S/C16H19N3S/c1-3-17-8-14-9-18-12(2)19(14)10-13-11-20-16-7-5-4-6-15(13)16/h4-7,9,11,17H,3,8,10H2,1-2H3. The van der Waals surface area contributed by atoms with Crippen molar-refractivity contribution in [2.24, 2.45) is 0 Å².